The van der Waals surface area contributed by atoms with Crippen LogP contribution in [0.1, 0.15) is 53.9 Å². The van der Waals surface area contributed by atoms with Crippen LogP contribution in [0.4, 0.5) is 0 Å². The number of aromatic amines is 1. The highest BCUT2D eigenvalue weighted by Crippen LogP contribution is 2.26. The van der Waals surface area contributed by atoms with Crippen molar-refractivity contribution in [3.63, 3.8) is 0 Å². The molecule has 0 aliphatic carbocycles. The normalized spacial score (nSPS) is 20.8. The van der Waals surface area contributed by atoms with E-state index in [0.717, 1.165) is 50.4 Å². The average molecular weight is 431 g/mol. The van der Waals surface area contributed by atoms with Gasteiger partial charge in [0.05, 0.1) is 17.5 Å². The van der Waals surface area contributed by atoms with E-state index >= 15 is 0 Å². The third-order valence-electron chi connectivity index (χ3n) is 6.25. The lowest BCUT2D eigenvalue weighted by molar-refractivity contribution is 0.196. The van der Waals surface area contributed by atoms with Gasteiger partial charge in [0.15, 0.2) is 0 Å². The molecular formula is C22H30N4O3S. The van der Waals surface area contributed by atoms with Crippen LogP contribution >= 0.6 is 0 Å². The van der Waals surface area contributed by atoms with E-state index in [2.05, 4.69) is 41.1 Å². The van der Waals surface area contributed by atoms with Crippen LogP contribution in [-0.4, -0.2) is 53.5 Å². The first-order valence-corrected chi connectivity index (χ1v) is 12.6. The Balaban J connectivity index is 1.48. The van der Waals surface area contributed by atoms with Gasteiger partial charge in [0, 0.05) is 38.5 Å². The van der Waals surface area contributed by atoms with E-state index in [9.17, 15) is 13.2 Å². The van der Waals surface area contributed by atoms with Crippen LogP contribution in [0.15, 0.2) is 29.1 Å². The van der Waals surface area contributed by atoms with Crippen molar-refractivity contribution in [2.45, 2.75) is 51.6 Å². The summed E-state index contributed by atoms with van der Waals surface area (Å²) in [6.07, 6.45) is 4.79. The number of hydrogen-bond acceptors (Lipinski definition) is 5. The monoisotopic (exact) mass is 430 g/mol. The summed E-state index contributed by atoms with van der Waals surface area (Å²) in [7, 11) is -3.31. The molecule has 1 aromatic heterocycles. The fourth-order valence-corrected chi connectivity index (χ4v) is 5.24. The second kappa shape index (κ2) is 8.61. The maximum absolute atomic E-state index is 12.7. The van der Waals surface area contributed by atoms with Gasteiger partial charge >= 0.3 is 0 Å². The number of nitrogens with zero attached hydrogens (tertiary/aromatic N) is 3. The zero-order valence-corrected chi connectivity index (χ0v) is 18.5. The van der Waals surface area contributed by atoms with Gasteiger partial charge in [-0.2, -0.15) is 4.31 Å². The van der Waals surface area contributed by atoms with Gasteiger partial charge in [0.1, 0.15) is 5.82 Å². The summed E-state index contributed by atoms with van der Waals surface area (Å²) >= 11 is 0. The van der Waals surface area contributed by atoms with E-state index in [0.29, 0.717) is 18.5 Å². The quantitative estimate of drug-likeness (QED) is 0.784. The highest BCUT2D eigenvalue weighted by Gasteiger charge is 2.29. The Morgan fingerprint density at radius 2 is 1.90 bits per heavy atom. The van der Waals surface area contributed by atoms with Crippen molar-refractivity contribution in [2.24, 2.45) is 0 Å². The molecule has 0 spiro atoms. The van der Waals surface area contributed by atoms with Crippen molar-refractivity contribution in [3.05, 3.63) is 62.8 Å². The molecule has 0 bridgehead atoms. The molecule has 0 radical (unpaired) electrons. The van der Waals surface area contributed by atoms with Crippen molar-refractivity contribution in [1.82, 2.24) is 19.2 Å². The molecular weight excluding hydrogens is 400 g/mol. The molecule has 0 amide bonds. The van der Waals surface area contributed by atoms with E-state index < -0.39 is 10.0 Å². The Hall–Kier alpha value is -2.03. The molecule has 2 aromatic rings. The molecule has 1 saturated heterocycles. The molecule has 3 heterocycles. The number of benzene rings is 1. The minimum atomic E-state index is -3.31. The van der Waals surface area contributed by atoms with E-state index in [4.69, 9.17) is 4.98 Å². The molecule has 30 heavy (non-hydrogen) atoms. The number of aromatic nitrogens is 2. The first kappa shape index (κ1) is 21.2. The molecule has 1 N–H and O–H groups in total. The zero-order valence-electron chi connectivity index (χ0n) is 17.7. The lowest BCUT2D eigenvalue weighted by Crippen LogP contribution is -2.40. The highest BCUT2D eigenvalue weighted by molar-refractivity contribution is 7.88. The summed E-state index contributed by atoms with van der Waals surface area (Å²) in [5, 5.41) is 0. The van der Waals surface area contributed by atoms with Gasteiger partial charge < -0.3 is 4.98 Å². The average Bonchev–Trinajstić information content (AvgIpc) is 2.73. The molecule has 1 unspecified atom stereocenters. The number of H-pyrrole nitrogens is 1. The molecule has 1 fully saturated rings. The van der Waals surface area contributed by atoms with Crippen LogP contribution in [0.5, 0.6) is 0 Å². The minimum Gasteiger partial charge on any atom is -0.310 e. The van der Waals surface area contributed by atoms with E-state index in [1.54, 1.807) is 0 Å². The third kappa shape index (κ3) is 4.66. The second-order valence-corrected chi connectivity index (χ2v) is 10.4. The highest BCUT2D eigenvalue weighted by atomic mass is 32.2. The minimum absolute atomic E-state index is 0.112. The van der Waals surface area contributed by atoms with Crippen LogP contribution in [0.3, 0.4) is 0 Å². The molecule has 1 atom stereocenters. The van der Waals surface area contributed by atoms with Crippen molar-refractivity contribution >= 4 is 10.0 Å². The van der Waals surface area contributed by atoms with Crippen molar-refractivity contribution in [3.8, 4) is 0 Å². The second-order valence-electron chi connectivity index (χ2n) is 8.47. The summed E-state index contributed by atoms with van der Waals surface area (Å²) in [6, 6.07) is 8.79. The molecule has 2 aliphatic heterocycles. The fraction of sp³-hybridized carbons (Fsp3) is 0.545. The van der Waals surface area contributed by atoms with Gasteiger partial charge in [-0.3, -0.25) is 9.69 Å². The number of sulfonamides is 1. The summed E-state index contributed by atoms with van der Waals surface area (Å²) < 4.78 is 25.0. The lowest BCUT2D eigenvalue weighted by Gasteiger charge is -2.33. The smallest absolute Gasteiger partial charge is 0.255 e. The molecule has 1 aromatic carbocycles. The molecule has 4 rings (SSSR count). The Bertz CT molecular complexity index is 1060. The summed E-state index contributed by atoms with van der Waals surface area (Å²) in [6.45, 7) is 5.47. The molecule has 2 aliphatic rings. The van der Waals surface area contributed by atoms with E-state index in [1.807, 2.05) is 0 Å². The van der Waals surface area contributed by atoms with Crippen molar-refractivity contribution in [1.29, 1.82) is 0 Å². The van der Waals surface area contributed by atoms with Gasteiger partial charge in [0.25, 0.3) is 5.56 Å². The SMILES string of the molecule is CCc1ccc(CN2CCCC(c3nc4c(c(=O)[nH]3)CN(S(C)(=O)=O)CC4)C2)cc1. The zero-order chi connectivity index (χ0) is 21.3. The van der Waals surface area contributed by atoms with Crippen LogP contribution in [-0.2, 0) is 36.0 Å². The maximum Gasteiger partial charge on any atom is 0.255 e. The summed E-state index contributed by atoms with van der Waals surface area (Å²) in [4.78, 5) is 22.9. The number of piperidine rings is 1. The number of rotatable bonds is 5. The van der Waals surface area contributed by atoms with Gasteiger partial charge in [-0.1, -0.05) is 31.2 Å². The topological polar surface area (TPSA) is 86.4 Å². The number of aryl methyl sites for hydroxylation is 1. The van der Waals surface area contributed by atoms with Crippen molar-refractivity contribution in [2.75, 3.05) is 25.9 Å². The van der Waals surface area contributed by atoms with E-state index in [-0.39, 0.29) is 18.0 Å². The van der Waals surface area contributed by atoms with Gasteiger partial charge in [0.2, 0.25) is 10.0 Å². The molecule has 162 valence electrons. The summed E-state index contributed by atoms with van der Waals surface area (Å²) in [5.41, 5.74) is 3.69. The maximum atomic E-state index is 12.7. The number of hydrogen-bond donors (Lipinski definition) is 1. The number of likely N-dealkylation sites (tertiary alicyclic amines) is 1. The summed E-state index contributed by atoms with van der Waals surface area (Å²) in [5.74, 6) is 0.942. The fourth-order valence-electron chi connectivity index (χ4n) is 4.46. The molecule has 8 heteroatoms. The predicted octanol–water partition coefficient (Wildman–Crippen LogP) is 2.03. The standard InChI is InChI=1S/C22H30N4O3S/c1-3-16-6-8-17(9-7-16)13-25-11-4-5-18(14-25)21-23-20-10-12-26(30(2,28)29)15-19(20)22(27)24-21/h6-9,18H,3-5,10-15H2,1-2H3,(H,23,24,27). The first-order valence-electron chi connectivity index (χ1n) is 10.7. The number of nitrogens with one attached hydrogen (secondary N) is 1. The van der Waals surface area contributed by atoms with Gasteiger partial charge in [-0.15, -0.1) is 0 Å². The Kier molecular flexibility index (Phi) is 6.09. The lowest BCUT2D eigenvalue weighted by atomic mass is 9.96. The predicted molar refractivity (Wildman–Crippen MR) is 117 cm³/mol. The van der Waals surface area contributed by atoms with Crippen LogP contribution in [0.2, 0.25) is 0 Å². The molecule has 0 saturated carbocycles. The number of fused-ring (bicyclic) bond motifs is 1. The van der Waals surface area contributed by atoms with Crippen molar-refractivity contribution < 1.29 is 8.42 Å². The first-order chi connectivity index (χ1) is 14.3. The largest absolute Gasteiger partial charge is 0.310 e. The Labute approximate surface area is 178 Å². The van der Waals surface area contributed by atoms with Crippen LogP contribution in [0, 0.1) is 0 Å². The Morgan fingerprint density at radius 3 is 2.60 bits per heavy atom. The Morgan fingerprint density at radius 1 is 1.17 bits per heavy atom. The molecule has 7 nitrogen and oxygen atoms in total. The third-order valence-corrected chi connectivity index (χ3v) is 7.50. The van der Waals surface area contributed by atoms with E-state index in [1.165, 1.54) is 21.7 Å². The van der Waals surface area contributed by atoms with Crippen LogP contribution in [0.25, 0.3) is 0 Å². The van der Waals surface area contributed by atoms with Crippen LogP contribution < -0.4 is 5.56 Å². The van der Waals surface area contributed by atoms with Gasteiger partial charge in [-0.05, 0) is 36.9 Å². The van der Waals surface area contributed by atoms with Gasteiger partial charge in [-0.25, -0.2) is 13.4 Å².